The van der Waals surface area contributed by atoms with Crippen LogP contribution in [0.1, 0.15) is 35.8 Å². The first kappa shape index (κ1) is 13.5. The minimum absolute atomic E-state index is 0.124. The number of aliphatic carboxylic acids is 1. The van der Waals surface area contributed by atoms with Gasteiger partial charge in [0.15, 0.2) is 0 Å². The highest BCUT2D eigenvalue weighted by molar-refractivity contribution is 5.94. The van der Waals surface area contributed by atoms with Crippen LogP contribution in [-0.4, -0.2) is 40.0 Å². The number of pyridine rings is 1. The summed E-state index contributed by atoms with van der Waals surface area (Å²) in [4.78, 5) is 29.1. The van der Waals surface area contributed by atoms with Crippen LogP contribution in [-0.2, 0) is 11.2 Å². The van der Waals surface area contributed by atoms with E-state index in [1.54, 1.807) is 17.2 Å². The highest BCUT2D eigenvalue weighted by atomic mass is 16.4. The molecule has 0 aliphatic carbocycles. The number of hydrogen-bond donors (Lipinski definition) is 1. The molecular weight excluding hydrogens is 244 g/mol. The third kappa shape index (κ3) is 3.10. The summed E-state index contributed by atoms with van der Waals surface area (Å²) in [6.07, 6.45) is 3.79. The van der Waals surface area contributed by atoms with Crippen LogP contribution < -0.4 is 0 Å². The van der Waals surface area contributed by atoms with E-state index in [0.29, 0.717) is 25.1 Å². The molecule has 1 amide bonds. The molecule has 0 bridgehead atoms. The van der Waals surface area contributed by atoms with Crippen LogP contribution >= 0.6 is 0 Å². The lowest BCUT2D eigenvalue weighted by atomic mass is 9.98. The van der Waals surface area contributed by atoms with Crippen LogP contribution in [0.15, 0.2) is 18.3 Å². The van der Waals surface area contributed by atoms with Gasteiger partial charge in [0, 0.05) is 25.0 Å². The van der Waals surface area contributed by atoms with Gasteiger partial charge >= 0.3 is 5.97 Å². The van der Waals surface area contributed by atoms with Gasteiger partial charge in [0.1, 0.15) is 0 Å². The van der Waals surface area contributed by atoms with Crippen LogP contribution in [0.4, 0.5) is 0 Å². The molecule has 5 heteroatoms. The molecule has 0 saturated carbocycles. The highest BCUT2D eigenvalue weighted by Gasteiger charge is 2.28. The quantitative estimate of drug-likeness (QED) is 0.897. The summed E-state index contributed by atoms with van der Waals surface area (Å²) < 4.78 is 0. The van der Waals surface area contributed by atoms with Crippen molar-refractivity contribution in [3.63, 3.8) is 0 Å². The molecule has 1 aliphatic rings. The van der Waals surface area contributed by atoms with Gasteiger partial charge < -0.3 is 10.0 Å². The van der Waals surface area contributed by atoms with Crippen molar-refractivity contribution in [1.29, 1.82) is 0 Å². The molecule has 0 aromatic carbocycles. The van der Waals surface area contributed by atoms with E-state index in [2.05, 4.69) is 4.98 Å². The summed E-state index contributed by atoms with van der Waals surface area (Å²) in [5.41, 5.74) is 1.47. The topological polar surface area (TPSA) is 70.5 Å². The van der Waals surface area contributed by atoms with Gasteiger partial charge in [-0.15, -0.1) is 0 Å². The van der Waals surface area contributed by atoms with Crippen molar-refractivity contribution < 1.29 is 14.7 Å². The maximum Gasteiger partial charge on any atom is 0.308 e. The summed E-state index contributed by atoms with van der Waals surface area (Å²) in [5, 5.41) is 9.03. The molecule has 1 fully saturated rings. The Kier molecular flexibility index (Phi) is 4.14. The number of rotatable bonds is 3. The first-order valence-corrected chi connectivity index (χ1v) is 6.58. The molecule has 1 N–H and O–H groups in total. The minimum atomic E-state index is -0.822. The van der Waals surface area contributed by atoms with Crippen LogP contribution in [0, 0.1) is 5.92 Å². The first-order valence-electron chi connectivity index (χ1n) is 6.58. The van der Waals surface area contributed by atoms with Gasteiger partial charge in [0.2, 0.25) is 0 Å². The number of aromatic nitrogens is 1. The number of carbonyl (C=O) groups excluding carboxylic acids is 1. The van der Waals surface area contributed by atoms with Gasteiger partial charge in [-0.05, 0) is 31.4 Å². The Morgan fingerprint density at radius 2 is 2.26 bits per heavy atom. The molecule has 1 aromatic heterocycles. The average molecular weight is 262 g/mol. The fraction of sp³-hybridized carbons (Fsp3) is 0.500. The molecule has 2 heterocycles. The van der Waals surface area contributed by atoms with E-state index in [1.807, 2.05) is 13.0 Å². The lowest BCUT2D eigenvalue weighted by Crippen LogP contribution is -2.42. The van der Waals surface area contributed by atoms with E-state index in [4.69, 9.17) is 5.11 Å². The number of likely N-dealkylation sites (tertiary alicyclic amines) is 1. The predicted octanol–water partition coefficient (Wildman–Crippen LogP) is 1.58. The van der Waals surface area contributed by atoms with Crippen molar-refractivity contribution in [2.45, 2.75) is 26.2 Å². The van der Waals surface area contributed by atoms with Crippen LogP contribution in [0.5, 0.6) is 0 Å². The normalized spacial score (nSPS) is 19.2. The fourth-order valence-electron chi connectivity index (χ4n) is 2.31. The molecule has 102 valence electrons. The zero-order valence-corrected chi connectivity index (χ0v) is 11.0. The van der Waals surface area contributed by atoms with E-state index >= 15 is 0 Å². The Morgan fingerprint density at radius 1 is 1.47 bits per heavy atom. The summed E-state index contributed by atoms with van der Waals surface area (Å²) in [6.45, 7) is 2.92. The summed E-state index contributed by atoms with van der Waals surface area (Å²) in [7, 11) is 0. The van der Waals surface area contributed by atoms with Crippen molar-refractivity contribution in [1.82, 2.24) is 9.88 Å². The molecule has 2 rings (SSSR count). The number of aryl methyl sites for hydroxylation is 1. The number of carboxylic acid groups (broad SMARTS) is 1. The molecule has 0 radical (unpaired) electrons. The summed E-state index contributed by atoms with van der Waals surface area (Å²) in [5.74, 6) is -1.39. The second kappa shape index (κ2) is 5.82. The lowest BCUT2D eigenvalue weighted by molar-refractivity contribution is -0.143. The third-order valence-corrected chi connectivity index (χ3v) is 3.49. The monoisotopic (exact) mass is 262 g/mol. The van der Waals surface area contributed by atoms with Gasteiger partial charge in [0.05, 0.1) is 11.5 Å². The summed E-state index contributed by atoms with van der Waals surface area (Å²) in [6, 6.07) is 3.60. The van der Waals surface area contributed by atoms with Crippen molar-refractivity contribution >= 4 is 11.9 Å². The number of amides is 1. The van der Waals surface area contributed by atoms with E-state index in [-0.39, 0.29) is 5.91 Å². The van der Waals surface area contributed by atoms with Gasteiger partial charge in [-0.25, -0.2) is 0 Å². The van der Waals surface area contributed by atoms with Gasteiger partial charge in [-0.3, -0.25) is 14.6 Å². The SMILES string of the molecule is CCc1ccc(C(=O)N2CCCC(C(=O)O)C2)cn1. The molecule has 1 aliphatic heterocycles. The molecule has 1 saturated heterocycles. The van der Waals surface area contributed by atoms with Crippen LogP contribution in [0.25, 0.3) is 0 Å². The molecule has 0 spiro atoms. The Morgan fingerprint density at radius 3 is 2.84 bits per heavy atom. The third-order valence-electron chi connectivity index (χ3n) is 3.49. The second-order valence-corrected chi connectivity index (χ2v) is 4.82. The molecule has 19 heavy (non-hydrogen) atoms. The Hall–Kier alpha value is -1.91. The largest absolute Gasteiger partial charge is 0.481 e. The molecular formula is C14H18N2O3. The van der Waals surface area contributed by atoms with E-state index in [9.17, 15) is 9.59 Å². The fourth-order valence-corrected chi connectivity index (χ4v) is 2.31. The number of nitrogens with zero attached hydrogens (tertiary/aromatic N) is 2. The number of piperidine rings is 1. The Bertz CT molecular complexity index is 470. The maximum absolute atomic E-state index is 12.3. The molecule has 1 unspecified atom stereocenters. The average Bonchev–Trinajstić information content (AvgIpc) is 2.46. The number of carbonyl (C=O) groups is 2. The number of hydrogen-bond acceptors (Lipinski definition) is 3. The van der Waals surface area contributed by atoms with E-state index in [0.717, 1.165) is 18.5 Å². The van der Waals surface area contributed by atoms with Crippen LogP contribution in [0.3, 0.4) is 0 Å². The van der Waals surface area contributed by atoms with Gasteiger partial charge in [-0.1, -0.05) is 6.92 Å². The standard InChI is InChI=1S/C14H18N2O3/c1-2-12-6-5-10(8-15-12)13(17)16-7-3-4-11(9-16)14(18)19/h5-6,8,11H,2-4,7,9H2,1H3,(H,18,19). The van der Waals surface area contributed by atoms with E-state index in [1.165, 1.54) is 0 Å². The summed E-state index contributed by atoms with van der Waals surface area (Å²) >= 11 is 0. The molecule has 1 aromatic rings. The maximum atomic E-state index is 12.3. The zero-order valence-electron chi connectivity index (χ0n) is 11.0. The van der Waals surface area contributed by atoms with Crippen molar-refractivity contribution in [3.8, 4) is 0 Å². The van der Waals surface area contributed by atoms with Crippen molar-refractivity contribution in [3.05, 3.63) is 29.6 Å². The highest BCUT2D eigenvalue weighted by Crippen LogP contribution is 2.18. The minimum Gasteiger partial charge on any atom is -0.481 e. The van der Waals surface area contributed by atoms with Crippen LogP contribution in [0.2, 0.25) is 0 Å². The van der Waals surface area contributed by atoms with Crippen molar-refractivity contribution in [2.75, 3.05) is 13.1 Å². The van der Waals surface area contributed by atoms with Crippen molar-refractivity contribution in [2.24, 2.45) is 5.92 Å². The van der Waals surface area contributed by atoms with Gasteiger partial charge in [-0.2, -0.15) is 0 Å². The van der Waals surface area contributed by atoms with E-state index < -0.39 is 11.9 Å². The number of carboxylic acids is 1. The Labute approximate surface area is 112 Å². The molecule has 5 nitrogen and oxygen atoms in total. The Balaban J connectivity index is 2.07. The van der Waals surface area contributed by atoms with Gasteiger partial charge in [0.25, 0.3) is 5.91 Å². The first-order chi connectivity index (χ1) is 9.11. The lowest BCUT2D eigenvalue weighted by Gasteiger charge is -2.30. The second-order valence-electron chi connectivity index (χ2n) is 4.82. The predicted molar refractivity (Wildman–Crippen MR) is 69.9 cm³/mol. The smallest absolute Gasteiger partial charge is 0.308 e. The molecule has 1 atom stereocenters. The zero-order chi connectivity index (χ0) is 13.8.